The SMILES string of the molecule is CCCCC(C)(C)CCCCCNC. The molecule has 0 aromatic carbocycles. The first-order valence-corrected chi connectivity index (χ1v) is 6.27. The van der Waals surface area contributed by atoms with E-state index in [2.05, 4.69) is 26.1 Å². The molecule has 1 N–H and O–H groups in total. The molecule has 0 saturated carbocycles. The van der Waals surface area contributed by atoms with Crippen LogP contribution in [0.4, 0.5) is 0 Å². The molecule has 0 bridgehead atoms. The topological polar surface area (TPSA) is 12.0 Å². The van der Waals surface area contributed by atoms with E-state index in [4.69, 9.17) is 0 Å². The van der Waals surface area contributed by atoms with Gasteiger partial charge in [0.05, 0.1) is 0 Å². The van der Waals surface area contributed by atoms with Gasteiger partial charge >= 0.3 is 0 Å². The van der Waals surface area contributed by atoms with Crippen molar-refractivity contribution in [2.24, 2.45) is 5.41 Å². The summed E-state index contributed by atoms with van der Waals surface area (Å²) in [5, 5.41) is 3.20. The van der Waals surface area contributed by atoms with E-state index in [1.165, 1.54) is 51.5 Å². The maximum absolute atomic E-state index is 3.20. The molecule has 0 saturated heterocycles. The molecule has 0 fully saturated rings. The molecule has 0 rings (SSSR count). The number of unbranched alkanes of at least 4 members (excludes halogenated alkanes) is 3. The zero-order valence-electron chi connectivity index (χ0n) is 10.7. The molecule has 86 valence electrons. The third-order valence-electron chi connectivity index (χ3n) is 2.99. The van der Waals surface area contributed by atoms with Gasteiger partial charge in [0.15, 0.2) is 0 Å². The van der Waals surface area contributed by atoms with E-state index >= 15 is 0 Å². The highest BCUT2D eigenvalue weighted by Gasteiger charge is 2.15. The maximum Gasteiger partial charge on any atom is -0.00519 e. The first-order valence-electron chi connectivity index (χ1n) is 6.27. The molecule has 1 heteroatoms. The molecular weight excluding hydrogens is 170 g/mol. The minimum absolute atomic E-state index is 0.579. The van der Waals surface area contributed by atoms with Gasteiger partial charge in [-0.3, -0.25) is 0 Å². The smallest absolute Gasteiger partial charge is 0.00519 e. The fourth-order valence-electron chi connectivity index (χ4n) is 1.86. The van der Waals surface area contributed by atoms with E-state index in [1.54, 1.807) is 0 Å². The predicted molar refractivity (Wildman–Crippen MR) is 65.7 cm³/mol. The van der Waals surface area contributed by atoms with Gasteiger partial charge in [0, 0.05) is 0 Å². The molecule has 0 aromatic heterocycles. The standard InChI is InChI=1S/C13H29N/c1-5-6-10-13(2,3)11-8-7-9-12-14-4/h14H,5-12H2,1-4H3. The number of rotatable bonds is 9. The lowest BCUT2D eigenvalue weighted by molar-refractivity contribution is 0.286. The van der Waals surface area contributed by atoms with Crippen molar-refractivity contribution in [3.05, 3.63) is 0 Å². The predicted octanol–water partition coefficient (Wildman–Crippen LogP) is 3.98. The van der Waals surface area contributed by atoms with Gasteiger partial charge in [-0.2, -0.15) is 0 Å². The summed E-state index contributed by atoms with van der Waals surface area (Å²) in [4.78, 5) is 0. The average molecular weight is 199 g/mol. The Morgan fingerprint density at radius 3 is 2.14 bits per heavy atom. The van der Waals surface area contributed by atoms with Crippen LogP contribution in [0, 0.1) is 5.41 Å². The van der Waals surface area contributed by atoms with E-state index in [1.807, 2.05) is 7.05 Å². The van der Waals surface area contributed by atoms with Crippen molar-refractivity contribution < 1.29 is 0 Å². The highest BCUT2D eigenvalue weighted by Crippen LogP contribution is 2.29. The monoisotopic (exact) mass is 199 g/mol. The molecule has 0 heterocycles. The van der Waals surface area contributed by atoms with Gasteiger partial charge in [-0.25, -0.2) is 0 Å². The first-order chi connectivity index (χ1) is 6.62. The fraction of sp³-hybridized carbons (Fsp3) is 1.00. The van der Waals surface area contributed by atoms with Crippen molar-refractivity contribution >= 4 is 0 Å². The van der Waals surface area contributed by atoms with Crippen LogP contribution in [0.5, 0.6) is 0 Å². The summed E-state index contributed by atoms with van der Waals surface area (Å²) >= 11 is 0. The maximum atomic E-state index is 3.20. The summed E-state index contributed by atoms with van der Waals surface area (Å²) in [5.41, 5.74) is 0.579. The van der Waals surface area contributed by atoms with Gasteiger partial charge in [0.25, 0.3) is 0 Å². The second kappa shape index (κ2) is 8.28. The Balaban J connectivity index is 3.35. The Morgan fingerprint density at radius 2 is 1.57 bits per heavy atom. The van der Waals surface area contributed by atoms with Crippen molar-refractivity contribution in [3.8, 4) is 0 Å². The second-order valence-corrected chi connectivity index (χ2v) is 5.18. The van der Waals surface area contributed by atoms with Crippen LogP contribution in [0.1, 0.15) is 65.7 Å². The Hall–Kier alpha value is -0.0400. The highest BCUT2D eigenvalue weighted by molar-refractivity contribution is 4.68. The zero-order valence-corrected chi connectivity index (χ0v) is 10.7. The average Bonchev–Trinajstić information content (AvgIpc) is 2.15. The molecule has 0 spiro atoms. The van der Waals surface area contributed by atoms with Gasteiger partial charge in [-0.05, 0) is 38.3 Å². The second-order valence-electron chi connectivity index (χ2n) is 5.18. The summed E-state index contributed by atoms with van der Waals surface area (Å²) in [5.74, 6) is 0. The molecule has 0 aromatic rings. The zero-order chi connectivity index (χ0) is 10.9. The van der Waals surface area contributed by atoms with Gasteiger partial charge in [0.2, 0.25) is 0 Å². The fourth-order valence-corrected chi connectivity index (χ4v) is 1.86. The van der Waals surface area contributed by atoms with Crippen LogP contribution >= 0.6 is 0 Å². The number of nitrogens with one attached hydrogen (secondary N) is 1. The number of hydrogen-bond donors (Lipinski definition) is 1. The minimum atomic E-state index is 0.579. The van der Waals surface area contributed by atoms with Crippen LogP contribution in [0.3, 0.4) is 0 Å². The molecule has 0 aliphatic rings. The molecular formula is C13H29N. The Bertz CT molecular complexity index is 118. The van der Waals surface area contributed by atoms with E-state index in [9.17, 15) is 0 Å². The van der Waals surface area contributed by atoms with Crippen LogP contribution in [0.15, 0.2) is 0 Å². The normalized spacial score (nSPS) is 12.0. The summed E-state index contributed by atoms with van der Waals surface area (Å²) in [7, 11) is 2.03. The van der Waals surface area contributed by atoms with Gasteiger partial charge in [-0.15, -0.1) is 0 Å². The summed E-state index contributed by atoms with van der Waals surface area (Å²) < 4.78 is 0. The molecule has 14 heavy (non-hydrogen) atoms. The Morgan fingerprint density at radius 1 is 0.929 bits per heavy atom. The third-order valence-corrected chi connectivity index (χ3v) is 2.99. The van der Waals surface area contributed by atoms with E-state index < -0.39 is 0 Å². The molecule has 0 radical (unpaired) electrons. The van der Waals surface area contributed by atoms with Crippen LogP contribution in [0.2, 0.25) is 0 Å². The molecule has 0 unspecified atom stereocenters. The largest absolute Gasteiger partial charge is 0.320 e. The van der Waals surface area contributed by atoms with E-state index in [0.717, 1.165) is 0 Å². The summed E-state index contributed by atoms with van der Waals surface area (Å²) in [6.45, 7) is 8.29. The lowest BCUT2D eigenvalue weighted by Crippen LogP contribution is -2.12. The van der Waals surface area contributed by atoms with Crippen molar-refractivity contribution in [3.63, 3.8) is 0 Å². The van der Waals surface area contributed by atoms with Crippen molar-refractivity contribution in [2.75, 3.05) is 13.6 Å². The molecule has 0 aliphatic heterocycles. The Labute approximate surface area is 90.7 Å². The highest BCUT2D eigenvalue weighted by atomic mass is 14.8. The molecule has 0 atom stereocenters. The van der Waals surface area contributed by atoms with Crippen LogP contribution < -0.4 is 5.32 Å². The quantitative estimate of drug-likeness (QED) is 0.554. The first kappa shape index (κ1) is 14.0. The van der Waals surface area contributed by atoms with E-state index in [0.29, 0.717) is 5.41 Å². The van der Waals surface area contributed by atoms with Crippen LogP contribution in [-0.2, 0) is 0 Å². The van der Waals surface area contributed by atoms with Gasteiger partial charge in [-0.1, -0.05) is 46.5 Å². The summed E-state index contributed by atoms with van der Waals surface area (Å²) in [6, 6.07) is 0. The Kier molecular flexibility index (Phi) is 8.26. The number of hydrogen-bond acceptors (Lipinski definition) is 1. The lowest BCUT2D eigenvalue weighted by atomic mass is 9.82. The van der Waals surface area contributed by atoms with Crippen LogP contribution in [-0.4, -0.2) is 13.6 Å². The van der Waals surface area contributed by atoms with Gasteiger partial charge < -0.3 is 5.32 Å². The minimum Gasteiger partial charge on any atom is -0.320 e. The third kappa shape index (κ3) is 8.55. The molecule has 0 amide bonds. The van der Waals surface area contributed by atoms with E-state index in [-0.39, 0.29) is 0 Å². The van der Waals surface area contributed by atoms with Crippen molar-refractivity contribution in [1.29, 1.82) is 0 Å². The summed E-state index contributed by atoms with van der Waals surface area (Å²) in [6.07, 6.45) is 9.65. The van der Waals surface area contributed by atoms with Crippen molar-refractivity contribution in [2.45, 2.75) is 65.7 Å². The van der Waals surface area contributed by atoms with Gasteiger partial charge in [0.1, 0.15) is 0 Å². The van der Waals surface area contributed by atoms with Crippen LogP contribution in [0.25, 0.3) is 0 Å². The van der Waals surface area contributed by atoms with Crippen molar-refractivity contribution in [1.82, 2.24) is 5.32 Å². The molecule has 1 nitrogen and oxygen atoms in total. The lowest BCUT2D eigenvalue weighted by Gasteiger charge is -2.24. The molecule has 0 aliphatic carbocycles.